The lowest BCUT2D eigenvalue weighted by Gasteiger charge is -2.04. The maximum atomic E-state index is 10.9. The van der Waals surface area contributed by atoms with Crippen LogP contribution in [0.4, 0.5) is 0 Å². The quantitative estimate of drug-likeness (QED) is 0.577. The van der Waals surface area contributed by atoms with Gasteiger partial charge >= 0.3 is 0 Å². The van der Waals surface area contributed by atoms with E-state index >= 15 is 0 Å². The molecular formula is C8H16N2O3. The molecule has 5 heteroatoms. The molecule has 0 saturated carbocycles. The van der Waals surface area contributed by atoms with Crippen molar-refractivity contribution in [2.75, 3.05) is 26.8 Å². The van der Waals surface area contributed by atoms with Crippen molar-refractivity contribution >= 4 is 11.8 Å². The lowest BCUT2D eigenvalue weighted by Crippen LogP contribution is -2.38. The molecule has 0 bridgehead atoms. The summed E-state index contributed by atoms with van der Waals surface area (Å²) in [6.07, 6.45) is 0.887. The molecule has 0 heterocycles. The Morgan fingerprint density at radius 1 is 1.23 bits per heavy atom. The van der Waals surface area contributed by atoms with Crippen molar-refractivity contribution in [3.05, 3.63) is 0 Å². The normalized spacial score (nSPS) is 9.38. The Balaban J connectivity index is 3.40. The first-order valence-corrected chi connectivity index (χ1v) is 4.23. The molecule has 2 amide bonds. The van der Waals surface area contributed by atoms with Gasteiger partial charge in [0.15, 0.2) is 0 Å². The third kappa shape index (κ3) is 7.27. The number of hydrogen-bond acceptors (Lipinski definition) is 3. The summed E-state index contributed by atoms with van der Waals surface area (Å²) in [7, 11) is 1.43. The van der Waals surface area contributed by atoms with E-state index in [1.165, 1.54) is 7.11 Å². The van der Waals surface area contributed by atoms with Crippen LogP contribution in [0.1, 0.15) is 13.3 Å². The zero-order valence-corrected chi connectivity index (χ0v) is 8.05. The Labute approximate surface area is 77.8 Å². The molecule has 0 aliphatic heterocycles. The van der Waals surface area contributed by atoms with Crippen LogP contribution in [-0.2, 0) is 14.3 Å². The summed E-state index contributed by atoms with van der Waals surface area (Å²) in [5.74, 6) is -0.458. The van der Waals surface area contributed by atoms with Crippen molar-refractivity contribution in [1.82, 2.24) is 10.6 Å². The van der Waals surface area contributed by atoms with E-state index in [9.17, 15) is 9.59 Å². The van der Waals surface area contributed by atoms with Crippen molar-refractivity contribution < 1.29 is 14.3 Å². The smallest absolute Gasteiger partial charge is 0.246 e. The largest absolute Gasteiger partial charge is 0.375 e. The van der Waals surface area contributed by atoms with Crippen LogP contribution in [0.25, 0.3) is 0 Å². The SMILES string of the molecule is CCCNC(=O)CNC(=O)COC. The highest BCUT2D eigenvalue weighted by molar-refractivity contribution is 5.85. The number of nitrogens with one attached hydrogen (secondary N) is 2. The fourth-order valence-electron chi connectivity index (χ4n) is 0.688. The van der Waals surface area contributed by atoms with Crippen LogP contribution in [0, 0.1) is 0 Å². The van der Waals surface area contributed by atoms with E-state index in [-0.39, 0.29) is 25.0 Å². The summed E-state index contributed by atoms with van der Waals surface area (Å²) < 4.78 is 4.57. The van der Waals surface area contributed by atoms with Gasteiger partial charge in [0.25, 0.3) is 0 Å². The topological polar surface area (TPSA) is 67.4 Å². The van der Waals surface area contributed by atoms with E-state index in [4.69, 9.17) is 0 Å². The molecule has 0 aromatic heterocycles. The van der Waals surface area contributed by atoms with Gasteiger partial charge in [-0.3, -0.25) is 9.59 Å². The molecule has 0 rings (SSSR count). The number of amides is 2. The second kappa shape index (κ2) is 7.54. The average molecular weight is 188 g/mol. The van der Waals surface area contributed by atoms with Gasteiger partial charge in [-0.05, 0) is 6.42 Å². The molecule has 0 aromatic carbocycles. The summed E-state index contributed by atoms with van der Waals surface area (Å²) in [5.41, 5.74) is 0. The molecule has 0 aromatic rings. The average Bonchev–Trinajstić information content (AvgIpc) is 2.12. The minimum absolute atomic E-state index is 0.0128. The van der Waals surface area contributed by atoms with Crippen molar-refractivity contribution in [3.8, 4) is 0 Å². The first-order chi connectivity index (χ1) is 6.20. The van der Waals surface area contributed by atoms with Crippen LogP contribution in [0.3, 0.4) is 0 Å². The van der Waals surface area contributed by atoms with Crippen LogP contribution in [0.5, 0.6) is 0 Å². The molecule has 0 atom stereocenters. The highest BCUT2D eigenvalue weighted by Gasteiger charge is 2.03. The van der Waals surface area contributed by atoms with Gasteiger partial charge in [0.2, 0.25) is 11.8 Å². The maximum absolute atomic E-state index is 10.9. The third-order valence-corrected chi connectivity index (χ3v) is 1.29. The van der Waals surface area contributed by atoms with Crippen molar-refractivity contribution in [1.29, 1.82) is 0 Å². The fourth-order valence-corrected chi connectivity index (χ4v) is 0.688. The molecule has 0 spiro atoms. The summed E-state index contributed by atoms with van der Waals surface area (Å²) in [6, 6.07) is 0. The van der Waals surface area contributed by atoms with Crippen LogP contribution in [-0.4, -0.2) is 38.6 Å². The molecule has 0 aliphatic rings. The predicted octanol–water partition coefficient (Wildman–Crippen LogP) is -0.725. The van der Waals surface area contributed by atoms with E-state index in [2.05, 4.69) is 15.4 Å². The number of rotatable bonds is 6. The van der Waals surface area contributed by atoms with E-state index in [0.717, 1.165) is 6.42 Å². The minimum atomic E-state index is -0.283. The van der Waals surface area contributed by atoms with Crippen molar-refractivity contribution in [2.24, 2.45) is 0 Å². The molecule has 0 saturated heterocycles. The Hall–Kier alpha value is -1.10. The predicted molar refractivity (Wildman–Crippen MR) is 48.2 cm³/mol. The van der Waals surface area contributed by atoms with Gasteiger partial charge in [-0.1, -0.05) is 6.92 Å². The summed E-state index contributed by atoms with van der Waals surface area (Å²) in [4.78, 5) is 21.7. The van der Waals surface area contributed by atoms with Crippen LogP contribution in [0.2, 0.25) is 0 Å². The number of carbonyl (C=O) groups excluding carboxylic acids is 2. The number of carbonyl (C=O) groups is 2. The van der Waals surface area contributed by atoms with E-state index < -0.39 is 0 Å². The highest BCUT2D eigenvalue weighted by Crippen LogP contribution is 1.72. The summed E-state index contributed by atoms with van der Waals surface area (Å²) >= 11 is 0. The van der Waals surface area contributed by atoms with Crippen LogP contribution in [0.15, 0.2) is 0 Å². The lowest BCUT2D eigenvalue weighted by atomic mass is 10.4. The highest BCUT2D eigenvalue weighted by atomic mass is 16.5. The summed E-state index contributed by atoms with van der Waals surface area (Å²) in [5, 5.41) is 5.05. The lowest BCUT2D eigenvalue weighted by molar-refractivity contribution is -0.128. The molecular weight excluding hydrogens is 172 g/mol. The maximum Gasteiger partial charge on any atom is 0.246 e. The second-order valence-electron chi connectivity index (χ2n) is 2.56. The number of methoxy groups -OCH3 is 1. The van der Waals surface area contributed by atoms with Gasteiger partial charge in [0.05, 0.1) is 6.54 Å². The van der Waals surface area contributed by atoms with Gasteiger partial charge in [-0.15, -0.1) is 0 Å². The van der Waals surface area contributed by atoms with Gasteiger partial charge in [-0.2, -0.15) is 0 Å². The van der Waals surface area contributed by atoms with Gasteiger partial charge in [0.1, 0.15) is 6.61 Å². The zero-order valence-electron chi connectivity index (χ0n) is 8.05. The van der Waals surface area contributed by atoms with Crippen LogP contribution >= 0.6 is 0 Å². The van der Waals surface area contributed by atoms with Gasteiger partial charge in [0, 0.05) is 13.7 Å². The molecule has 2 N–H and O–H groups in total. The van der Waals surface area contributed by atoms with Crippen LogP contribution < -0.4 is 10.6 Å². The molecule has 5 nitrogen and oxygen atoms in total. The molecule has 0 unspecified atom stereocenters. The van der Waals surface area contributed by atoms with E-state index in [1.807, 2.05) is 6.92 Å². The van der Waals surface area contributed by atoms with E-state index in [1.54, 1.807) is 0 Å². The van der Waals surface area contributed by atoms with E-state index in [0.29, 0.717) is 6.54 Å². The molecule has 0 radical (unpaired) electrons. The molecule has 13 heavy (non-hydrogen) atoms. The molecule has 0 aliphatic carbocycles. The Kier molecular flexibility index (Phi) is 6.91. The zero-order chi connectivity index (χ0) is 10.1. The Morgan fingerprint density at radius 3 is 2.46 bits per heavy atom. The minimum Gasteiger partial charge on any atom is -0.375 e. The van der Waals surface area contributed by atoms with Gasteiger partial charge in [-0.25, -0.2) is 0 Å². The first kappa shape index (κ1) is 11.9. The molecule has 0 fully saturated rings. The monoisotopic (exact) mass is 188 g/mol. The fraction of sp³-hybridized carbons (Fsp3) is 0.750. The van der Waals surface area contributed by atoms with Gasteiger partial charge < -0.3 is 15.4 Å². The summed E-state index contributed by atoms with van der Waals surface area (Å²) in [6.45, 7) is 2.60. The number of ether oxygens (including phenoxy) is 1. The Bertz CT molecular complexity index is 171. The first-order valence-electron chi connectivity index (χ1n) is 4.23. The number of hydrogen-bond donors (Lipinski definition) is 2. The third-order valence-electron chi connectivity index (χ3n) is 1.29. The molecule has 76 valence electrons. The van der Waals surface area contributed by atoms with Crippen molar-refractivity contribution in [3.63, 3.8) is 0 Å². The van der Waals surface area contributed by atoms with Crippen molar-refractivity contribution in [2.45, 2.75) is 13.3 Å². The Morgan fingerprint density at radius 2 is 1.92 bits per heavy atom. The second-order valence-corrected chi connectivity index (χ2v) is 2.56. The standard InChI is InChI=1S/C8H16N2O3/c1-3-4-9-7(11)5-10-8(12)6-13-2/h3-6H2,1-2H3,(H,9,11)(H,10,12).